The molecule has 1 aromatic carbocycles. The number of nitrogens with two attached hydrogens (primary N) is 1. The Morgan fingerprint density at radius 1 is 1.54 bits per heavy atom. The third-order valence-electron chi connectivity index (χ3n) is 4.50. The third-order valence-corrected chi connectivity index (χ3v) is 4.50. The molecule has 1 amide bonds. The molecule has 2 aliphatic rings. The smallest absolute Gasteiger partial charge is 0.283 e. The summed E-state index contributed by atoms with van der Waals surface area (Å²) in [5, 5.41) is 11.6. The first-order valence-corrected chi connectivity index (χ1v) is 7.46. The largest absolute Gasteiger partial charge is 0.462 e. The second-order valence-electron chi connectivity index (χ2n) is 6.22. The van der Waals surface area contributed by atoms with Crippen molar-refractivity contribution in [2.75, 3.05) is 11.9 Å². The summed E-state index contributed by atoms with van der Waals surface area (Å²) in [6.45, 7) is 1.08. The molecular weight excluding hydrogens is 318 g/mol. The van der Waals surface area contributed by atoms with Crippen molar-refractivity contribution in [3.05, 3.63) is 29.6 Å². The molecule has 3 N–H and O–H groups in total. The van der Waals surface area contributed by atoms with Gasteiger partial charge in [0.15, 0.2) is 6.17 Å². The molecule has 6 nitrogen and oxygen atoms in total. The van der Waals surface area contributed by atoms with Crippen LogP contribution in [0.5, 0.6) is 0 Å². The number of nitriles is 1. The molecule has 3 rings (SSSR count). The Balaban J connectivity index is 1.94. The molecule has 24 heavy (non-hydrogen) atoms. The molecule has 126 valence electrons. The van der Waals surface area contributed by atoms with Crippen LogP contribution < -0.4 is 11.1 Å². The Kier molecular flexibility index (Phi) is 3.67. The highest BCUT2D eigenvalue weighted by atomic mass is 19.1. The summed E-state index contributed by atoms with van der Waals surface area (Å²) in [6, 6.07) is 5.55. The van der Waals surface area contributed by atoms with Gasteiger partial charge < -0.3 is 15.8 Å². The van der Waals surface area contributed by atoms with Gasteiger partial charge in [-0.05, 0) is 38.0 Å². The molecule has 2 atom stereocenters. The van der Waals surface area contributed by atoms with E-state index in [0.717, 1.165) is 6.07 Å². The average Bonchev–Trinajstić information content (AvgIpc) is 3.34. The van der Waals surface area contributed by atoms with Gasteiger partial charge >= 0.3 is 0 Å². The molecule has 0 saturated heterocycles. The van der Waals surface area contributed by atoms with E-state index in [9.17, 15) is 13.6 Å². The highest BCUT2D eigenvalue weighted by Gasteiger charge is 2.50. The van der Waals surface area contributed by atoms with E-state index in [4.69, 9.17) is 15.7 Å². The van der Waals surface area contributed by atoms with Crippen LogP contribution in [0.2, 0.25) is 0 Å². The van der Waals surface area contributed by atoms with Crippen LogP contribution in [0.25, 0.3) is 0 Å². The number of hydrogen-bond donors (Lipinski definition) is 2. The summed E-state index contributed by atoms with van der Waals surface area (Å²) in [7, 11) is 0. The fraction of sp³-hybridized carbons (Fsp3) is 0.438. The number of hydrogen-bond acceptors (Lipinski definition) is 5. The molecule has 1 aromatic rings. The number of nitrogens with one attached hydrogen (secondary N) is 1. The third kappa shape index (κ3) is 2.56. The number of halogens is 2. The lowest BCUT2D eigenvalue weighted by Crippen LogP contribution is -2.43. The van der Waals surface area contributed by atoms with Crippen LogP contribution in [-0.2, 0) is 15.1 Å². The van der Waals surface area contributed by atoms with Crippen molar-refractivity contribution >= 4 is 17.6 Å². The van der Waals surface area contributed by atoms with Crippen LogP contribution in [0, 0.1) is 22.6 Å². The number of amides is 1. The van der Waals surface area contributed by atoms with E-state index in [1.807, 2.05) is 6.07 Å². The molecule has 8 heteroatoms. The number of carbonyl (C=O) groups is 1. The molecule has 1 aliphatic carbocycles. The zero-order chi connectivity index (χ0) is 17.5. The monoisotopic (exact) mass is 334 g/mol. The lowest BCUT2D eigenvalue weighted by molar-refractivity contribution is -0.119. The molecule has 1 heterocycles. The number of benzene rings is 1. The SMILES string of the molecule is C[C@]1(c2cc(NC(=O)C3(C#N)CC3)ccc2F)N=C(N)OC[C@@H]1F. The fourth-order valence-corrected chi connectivity index (χ4v) is 2.64. The zero-order valence-corrected chi connectivity index (χ0v) is 13.0. The molecular formula is C16H16F2N4O2. The number of ether oxygens (including phenoxy) is 1. The average molecular weight is 334 g/mol. The zero-order valence-electron chi connectivity index (χ0n) is 13.0. The van der Waals surface area contributed by atoms with Gasteiger partial charge in [-0.25, -0.2) is 13.8 Å². The molecule has 0 unspecified atom stereocenters. The van der Waals surface area contributed by atoms with Crippen molar-refractivity contribution in [3.63, 3.8) is 0 Å². The normalized spacial score (nSPS) is 27.4. The lowest BCUT2D eigenvalue weighted by atomic mass is 9.86. The predicted octanol–water partition coefficient (Wildman–Crippen LogP) is 1.97. The Labute approximate surface area is 137 Å². The highest BCUT2D eigenvalue weighted by molar-refractivity contribution is 5.99. The van der Waals surface area contributed by atoms with Crippen molar-refractivity contribution in [3.8, 4) is 6.07 Å². The van der Waals surface area contributed by atoms with Crippen LogP contribution in [0.3, 0.4) is 0 Å². The maximum atomic E-state index is 14.3. The van der Waals surface area contributed by atoms with Crippen LogP contribution in [0.1, 0.15) is 25.3 Å². The first-order valence-electron chi connectivity index (χ1n) is 7.46. The number of aliphatic imine (C=N–C) groups is 1. The standard InChI is InChI=1S/C16H16F2N4O2/c1-15(12(18)7-24-14(20)22-15)10-6-9(2-3-11(10)17)21-13(23)16(8-19)4-5-16/h2-3,6,12H,4-5,7H2,1H3,(H2,20,22)(H,21,23)/t12-,15+/m0/s1. The van der Waals surface area contributed by atoms with Crippen molar-refractivity contribution in [2.24, 2.45) is 16.1 Å². The van der Waals surface area contributed by atoms with Gasteiger partial charge in [0.1, 0.15) is 23.4 Å². The molecule has 1 aliphatic heterocycles. The van der Waals surface area contributed by atoms with Gasteiger partial charge in [-0.2, -0.15) is 5.26 Å². The van der Waals surface area contributed by atoms with E-state index in [0.29, 0.717) is 12.8 Å². The van der Waals surface area contributed by atoms with Gasteiger partial charge in [0.25, 0.3) is 6.02 Å². The molecule has 0 spiro atoms. The number of alkyl halides is 1. The van der Waals surface area contributed by atoms with Crippen LogP contribution in [0.15, 0.2) is 23.2 Å². The van der Waals surface area contributed by atoms with Gasteiger partial charge in [0.05, 0.1) is 6.07 Å². The van der Waals surface area contributed by atoms with E-state index in [-0.39, 0.29) is 23.9 Å². The summed E-state index contributed by atoms with van der Waals surface area (Å²) in [6.07, 6.45) is -0.614. The fourth-order valence-electron chi connectivity index (χ4n) is 2.64. The minimum Gasteiger partial charge on any atom is -0.462 e. The predicted molar refractivity (Wildman–Crippen MR) is 82.1 cm³/mol. The van der Waals surface area contributed by atoms with E-state index in [1.54, 1.807) is 0 Å². The van der Waals surface area contributed by atoms with E-state index < -0.39 is 28.8 Å². The molecule has 1 saturated carbocycles. The van der Waals surface area contributed by atoms with Gasteiger partial charge in [-0.15, -0.1) is 0 Å². The van der Waals surface area contributed by atoms with Crippen molar-refractivity contribution < 1.29 is 18.3 Å². The van der Waals surface area contributed by atoms with Crippen LogP contribution in [-0.4, -0.2) is 24.7 Å². The number of rotatable bonds is 3. The summed E-state index contributed by atoms with van der Waals surface area (Å²) < 4.78 is 33.4. The first kappa shape index (κ1) is 16.2. The number of carbonyl (C=O) groups excluding carboxylic acids is 1. The van der Waals surface area contributed by atoms with E-state index in [2.05, 4.69) is 10.3 Å². The summed E-state index contributed by atoms with van der Waals surface area (Å²) in [4.78, 5) is 16.0. The Hall–Kier alpha value is -2.69. The van der Waals surface area contributed by atoms with Gasteiger partial charge in [-0.1, -0.05) is 0 Å². The number of amidine groups is 1. The maximum Gasteiger partial charge on any atom is 0.283 e. The molecule has 0 aromatic heterocycles. The highest BCUT2D eigenvalue weighted by Crippen LogP contribution is 2.46. The van der Waals surface area contributed by atoms with Crippen molar-refractivity contribution in [1.82, 2.24) is 0 Å². The number of anilines is 1. The second kappa shape index (κ2) is 5.44. The van der Waals surface area contributed by atoms with E-state index in [1.165, 1.54) is 19.1 Å². The Bertz CT molecular complexity index is 770. The summed E-state index contributed by atoms with van der Waals surface area (Å²) >= 11 is 0. The van der Waals surface area contributed by atoms with Gasteiger partial charge in [-0.3, -0.25) is 4.79 Å². The first-order chi connectivity index (χ1) is 11.3. The van der Waals surface area contributed by atoms with Gasteiger partial charge in [0.2, 0.25) is 5.91 Å². The quantitative estimate of drug-likeness (QED) is 0.882. The minimum atomic E-state index is -1.60. The van der Waals surface area contributed by atoms with Crippen LogP contribution in [0.4, 0.5) is 14.5 Å². The molecule has 1 fully saturated rings. The maximum absolute atomic E-state index is 14.3. The molecule has 0 bridgehead atoms. The lowest BCUT2D eigenvalue weighted by Gasteiger charge is -2.33. The van der Waals surface area contributed by atoms with Crippen LogP contribution >= 0.6 is 0 Å². The van der Waals surface area contributed by atoms with Gasteiger partial charge in [0, 0.05) is 11.3 Å². The van der Waals surface area contributed by atoms with Crippen molar-refractivity contribution in [1.29, 1.82) is 5.26 Å². The second-order valence-corrected chi connectivity index (χ2v) is 6.22. The summed E-state index contributed by atoms with van der Waals surface area (Å²) in [5.41, 5.74) is 3.16. The number of nitrogens with zero attached hydrogens (tertiary/aromatic N) is 2. The summed E-state index contributed by atoms with van der Waals surface area (Å²) in [5.74, 6) is -1.11. The Morgan fingerprint density at radius 3 is 2.88 bits per heavy atom. The van der Waals surface area contributed by atoms with E-state index >= 15 is 0 Å². The van der Waals surface area contributed by atoms with Crippen molar-refractivity contribution in [2.45, 2.75) is 31.5 Å². The minimum absolute atomic E-state index is 0.0409. The molecule has 0 radical (unpaired) electrons. The Morgan fingerprint density at radius 2 is 2.25 bits per heavy atom. The topological polar surface area (TPSA) is 100 Å².